The van der Waals surface area contributed by atoms with Crippen LogP contribution in [0.15, 0.2) is 36.5 Å². The predicted molar refractivity (Wildman–Crippen MR) is 58.6 cm³/mol. The first-order valence-electron chi connectivity index (χ1n) is 4.79. The standard InChI is InChI=1S/C12H10F2N2/c1-8-4-9(13)6-11(5-8)16-10-2-3-15-12(14)7-10/h2-7H,1H3,(H,15,16). The predicted octanol–water partition coefficient (Wildman–Crippen LogP) is 3.41. The van der Waals surface area contributed by atoms with E-state index in [9.17, 15) is 8.78 Å². The number of anilines is 2. The zero-order chi connectivity index (χ0) is 11.5. The molecule has 0 saturated carbocycles. The van der Waals surface area contributed by atoms with Crippen LogP contribution >= 0.6 is 0 Å². The Balaban J connectivity index is 2.27. The van der Waals surface area contributed by atoms with Crippen LogP contribution in [0.4, 0.5) is 20.2 Å². The SMILES string of the molecule is Cc1cc(F)cc(Nc2ccnc(F)c2)c1. The minimum atomic E-state index is -0.571. The topological polar surface area (TPSA) is 24.9 Å². The molecule has 0 saturated heterocycles. The van der Waals surface area contributed by atoms with E-state index in [1.165, 1.54) is 24.4 Å². The number of pyridine rings is 1. The molecule has 0 aliphatic carbocycles. The maximum atomic E-state index is 13.1. The monoisotopic (exact) mass is 220 g/mol. The second-order valence-electron chi connectivity index (χ2n) is 3.51. The van der Waals surface area contributed by atoms with Gasteiger partial charge in [0.25, 0.3) is 0 Å². The summed E-state index contributed by atoms with van der Waals surface area (Å²) < 4.78 is 25.9. The fraction of sp³-hybridized carbons (Fsp3) is 0.0833. The van der Waals surface area contributed by atoms with Crippen molar-refractivity contribution in [3.63, 3.8) is 0 Å². The Morgan fingerprint density at radius 3 is 2.56 bits per heavy atom. The van der Waals surface area contributed by atoms with Gasteiger partial charge in [0.2, 0.25) is 5.95 Å². The summed E-state index contributed by atoms with van der Waals surface area (Å²) in [5.74, 6) is -0.893. The maximum Gasteiger partial charge on any atom is 0.214 e. The molecule has 0 amide bonds. The molecule has 1 N–H and O–H groups in total. The van der Waals surface area contributed by atoms with Gasteiger partial charge in [-0.1, -0.05) is 0 Å². The van der Waals surface area contributed by atoms with Crippen LogP contribution in [-0.2, 0) is 0 Å². The quantitative estimate of drug-likeness (QED) is 0.784. The molecule has 82 valence electrons. The minimum absolute atomic E-state index is 0.322. The zero-order valence-corrected chi connectivity index (χ0v) is 8.67. The van der Waals surface area contributed by atoms with Gasteiger partial charge in [-0.2, -0.15) is 4.39 Å². The van der Waals surface area contributed by atoms with Crippen molar-refractivity contribution in [2.75, 3.05) is 5.32 Å². The molecule has 0 unspecified atom stereocenters. The highest BCUT2D eigenvalue weighted by atomic mass is 19.1. The highest BCUT2D eigenvalue weighted by molar-refractivity contribution is 5.59. The number of hydrogen-bond acceptors (Lipinski definition) is 2. The molecule has 16 heavy (non-hydrogen) atoms. The zero-order valence-electron chi connectivity index (χ0n) is 8.67. The summed E-state index contributed by atoms with van der Waals surface area (Å²) >= 11 is 0. The fourth-order valence-corrected chi connectivity index (χ4v) is 1.46. The third-order valence-corrected chi connectivity index (χ3v) is 2.06. The van der Waals surface area contributed by atoms with Crippen LogP contribution in [0.25, 0.3) is 0 Å². The summed E-state index contributed by atoms with van der Waals surface area (Å²) in [6, 6.07) is 7.43. The third-order valence-electron chi connectivity index (χ3n) is 2.06. The molecule has 0 spiro atoms. The first kappa shape index (κ1) is 10.5. The number of nitrogens with zero attached hydrogens (tertiary/aromatic N) is 1. The summed E-state index contributed by atoms with van der Waals surface area (Å²) in [7, 11) is 0. The van der Waals surface area contributed by atoms with Crippen molar-refractivity contribution < 1.29 is 8.78 Å². The van der Waals surface area contributed by atoms with Crippen LogP contribution in [0.2, 0.25) is 0 Å². The molecular weight excluding hydrogens is 210 g/mol. The lowest BCUT2D eigenvalue weighted by Crippen LogP contribution is -1.93. The number of halogens is 2. The van der Waals surface area contributed by atoms with E-state index in [-0.39, 0.29) is 5.82 Å². The van der Waals surface area contributed by atoms with Gasteiger partial charge < -0.3 is 5.32 Å². The van der Waals surface area contributed by atoms with Gasteiger partial charge in [-0.05, 0) is 36.8 Å². The number of aromatic nitrogens is 1. The Hall–Kier alpha value is -1.97. The van der Waals surface area contributed by atoms with E-state index in [4.69, 9.17) is 0 Å². The summed E-state index contributed by atoms with van der Waals surface area (Å²) in [5.41, 5.74) is 1.93. The smallest absolute Gasteiger partial charge is 0.214 e. The molecule has 2 rings (SSSR count). The number of hydrogen-bond donors (Lipinski definition) is 1. The van der Waals surface area contributed by atoms with Gasteiger partial charge in [0.1, 0.15) is 5.82 Å². The van der Waals surface area contributed by atoms with Gasteiger partial charge in [-0.25, -0.2) is 9.37 Å². The molecule has 1 aromatic carbocycles. The highest BCUT2D eigenvalue weighted by Crippen LogP contribution is 2.19. The molecule has 0 bridgehead atoms. The Labute approximate surface area is 92.0 Å². The van der Waals surface area contributed by atoms with E-state index >= 15 is 0 Å². The van der Waals surface area contributed by atoms with E-state index in [2.05, 4.69) is 10.3 Å². The van der Waals surface area contributed by atoms with E-state index in [1.54, 1.807) is 19.1 Å². The summed E-state index contributed by atoms with van der Waals surface area (Å²) in [5, 5.41) is 2.91. The Bertz CT molecular complexity index is 492. The van der Waals surface area contributed by atoms with Crippen LogP contribution in [0, 0.1) is 18.7 Å². The van der Waals surface area contributed by atoms with Gasteiger partial charge in [-0.15, -0.1) is 0 Å². The second kappa shape index (κ2) is 4.26. The van der Waals surface area contributed by atoms with Crippen LogP contribution in [0.3, 0.4) is 0 Å². The molecule has 4 heteroatoms. The van der Waals surface area contributed by atoms with Gasteiger partial charge in [0.15, 0.2) is 0 Å². The van der Waals surface area contributed by atoms with Gasteiger partial charge in [0.05, 0.1) is 0 Å². The molecule has 0 atom stereocenters. The van der Waals surface area contributed by atoms with Crippen molar-refractivity contribution in [1.82, 2.24) is 4.98 Å². The van der Waals surface area contributed by atoms with Crippen LogP contribution in [0.5, 0.6) is 0 Å². The molecule has 1 aromatic heterocycles. The molecule has 0 aliphatic rings. The average molecular weight is 220 g/mol. The van der Waals surface area contributed by atoms with Gasteiger partial charge >= 0.3 is 0 Å². The van der Waals surface area contributed by atoms with Crippen molar-refractivity contribution >= 4 is 11.4 Å². The number of benzene rings is 1. The first-order chi connectivity index (χ1) is 7.63. The normalized spacial score (nSPS) is 10.2. The van der Waals surface area contributed by atoms with Crippen molar-refractivity contribution in [3.8, 4) is 0 Å². The number of aryl methyl sites for hydroxylation is 1. The molecule has 2 aromatic rings. The molecule has 0 radical (unpaired) electrons. The Kier molecular flexibility index (Phi) is 2.81. The van der Waals surface area contributed by atoms with Crippen molar-refractivity contribution in [1.29, 1.82) is 0 Å². The number of nitrogens with one attached hydrogen (secondary N) is 1. The fourth-order valence-electron chi connectivity index (χ4n) is 1.46. The Morgan fingerprint density at radius 1 is 1.06 bits per heavy atom. The first-order valence-corrected chi connectivity index (χ1v) is 4.79. The van der Waals surface area contributed by atoms with Crippen LogP contribution in [-0.4, -0.2) is 4.98 Å². The van der Waals surface area contributed by atoms with Gasteiger partial charge in [-0.3, -0.25) is 0 Å². The molecular formula is C12H10F2N2. The Morgan fingerprint density at radius 2 is 1.88 bits per heavy atom. The lowest BCUT2D eigenvalue weighted by Gasteiger charge is -2.07. The van der Waals surface area contributed by atoms with Crippen molar-refractivity contribution in [3.05, 3.63) is 53.9 Å². The van der Waals surface area contributed by atoms with E-state index in [0.29, 0.717) is 11.4 Å². The average Bonchev–Trinajstić information content (AvgIpc) is 2.15. The van der Waals surface area contributed by atoms with Gasteiger partial charge in [0, 0.05) is 23.6 Å². The summed E-state index contributed by atoms with van der Waals surface area (Å²) in [6.45, 7) is 1.79. The minimum Gasteiger partial charge on any atom is -0.355 e. The van der Waals surface area contributed by atoms with E-state index in [0.717, 1.165) is 5.56 Å². The lowest BCUT2D eigenvalue weighted by molar-refractivity contribution is 0.584. The van der Waals surface area contributed by atoms with Crippen LogP contribution in [0.1, 0.15) is 5.56 Å². The lowest BCUT2D eigenvalue weighted by atomic mass is 10.2. The highest BCUT2D eigenvalue weighted by Gasteiger charge is 2.00. The third kappa shape index (κ3) is 2.53. The van der Waals surface area contributed by atoms with E-state index < -0.39 is 5.95 Å². The maximum absolute atomic E-state index is 13.1. The molecule has 1 heterocycles. The van der Waals surface area contributed by atoms with Crippen molar-refractivity contribution in [2.24, 2.45) is 0 Å². The molecule has 0 aliphatic heterocycles. The van der Waals surface area contributed by atoms with Crippen molar-refractivity contribution in [2.45, 2.75) is 6.92 Å². The van der Waals surface area contributed by atoms with Crippen LogP contribution < -0.4 is 5.32 Å². The summed E-state index contributed by atoms with van der Waals surface area (Å²) in [6.07, 6.45) is 1.35. The summed E-state index contributed by atoms with van der Waals surface area (Å²) in [4.78, 5) is 3.44. The second-order valence-corrected chi connectivity index (χ2v) is 3.51. The van der Waals surface area contributed by atoms with E-state index in [1.807, 2.05) is 0 Å². The molecule has 2 nitrogen and oxygen atoms in total. The molecule has 0 fully saturated rings. The largest absolute Gasteiger partial charge is 0.355 e. The number of rotatable bonds is 2.